The van der Waals surface area contributed by atoms with Gasteiger partial charge in [0.1, 0.15) is 5.82 Å². The molecule has 90 valence electrons. The van der Waals surface area contributed by atoms with Gasteiger partial charge in [-0.15, -0.1) is 0 Å². The summed E-state index contributed by atoms with van der Waals surface area (Å²) in [4.78, 5) is 6.38. The molecule has 4 nitrogen and oxygen atoms in total. The first-order chi connectivity index (χ1) is 7.81. The number of pyridine rings is 1. The molecule has 0 radical (unpaired) electrons. The monoisotopic (exact) mass is 223 g/mol. The summed E-state index contributed by atoms with van der Waals surface area (Å²) in [6.07, 6.45) is 2.88. The largest absolute Gasteiger partial charge is 0.395 e. The normalized spacial score (nSPS) is 10.2. The third kappa shape index (κ3) is 3.70. The number of anilines is 2. The minimum Gasteiger partial charge on any atom is -0.395 e. The number of hydrogen-bond donors (Lipinski definition) is 2. The number of likely N-dealkylation sites (N-methyl/N-ethyl adjacent to an activating group) is 1. The van der Waals surface area contributed by atoms with Gasteiger partial charge >= 0.3 is 0 Å². The highest BCUT2D eigenvalue weighted by atomic mass is 16.3. The Morgan fingerprint density at radius 1 is 1.44 bits per heavy atom. The van der Waals surface area contributed by atoms with Crippen molar-refractivity contribution in [3.05, 3.63) is 18.3 Å². The molecule has 1 heterocycles. The molecule has 0 fully saturated rings. The van der Waals surface area contributed by atoms with E-state index in [2.05, 4.69) is 29.0 Å². The second-order valence-electron chi connectivity index (χ2n) is 3.63. The number of nitrogens with zero attached hydrogens (tertiary/aromatic N) is 2. The Balaban J connectivity index is 2.71. The van der Waals surface area contributed by atoms with E-state index in [-0.39, 0.29) is 6.61 Å². The predicted molar refractivity (Wildman–Crippen MR) is 68.0 cm³/mol. The molecule has 16 heavy (non-hydrogen) atoms. The van der Waals surface area contributed by atoms with Gasteiger partial charge in [-0.1, -0.05) is 6.92 Å². The minimum absolute atomic E-state index is 0.174. The molecule has 2 N–H and O–H groups in total. The molecule has 1 rings (SSSR count). The van der Waals surface area contributed by atoms with Gasteiger partial charge in [0.25, 0.3) is 0 Å². The number of rotatable bonds is 7. The summed E-state index contributed by atoms with van der Waals surface area (Å²) in [7, 11) is 0. The van der Waals surface area contributed by atoms with Crippen molar-refractivity contribution in [1.29, 1.82) is 0 Å². The number of nitrogens with one attached hydrogen (secondary N) is 1. The maximum atomic E-state index is 8.97. The van der Waals surface area contributed by atoms with Crippen LogP contribution >= 0.6 is 0 Å². The molecule has 0 aliphatic rings. The Bertz CT molecular complexity index is 304. The van der Waals surface area contributed by atoms with Crippen LogP contribution in [0.4, 0.5) is 11.5 Å². The van der Waals surface area contributed by atoms with Crippen LogP contribution in [0.3, 0.4) is 0 Å². The topological polar surface area (TPSA) is 48.4 Å². The fourth-order valence-electron chi connectivity index (χ4n) is 1.56. The third-order valence-corrected chi connectivity index (χ3v) is 2.42. The maximum absolute atomic E-state index is 8.97. The average Bonchev–Trinajstić information content (AvgIpc) is 2.33. The average molecular weight is 223 g/mol. The van der Waals surface area contributed by atoms with E-state index in [4.69, 9.17) is 5.11 Å². The lowest BCUT2D eigenvalue weighted by atomic mass is 10.3. The summed E-state index contributed by atoms with van der Waals surface area (Å²) in [5.74, 6) is 0.899. The molecular formula is C12H21N3O. The zero-order valence-electron chi connectivity index (χ0n) is 10.1. The van der Waals surface area contributed by atoms with Crippen molar-refractivity contribution >= 4 is 11.5 Å². The van der Waals surface area contributed by atoms with Crippen LogP contribution in [0.5, 0.6) is 0 Å². The molecule has 0 aliphatic heterocycles. The minimum atomic E-state index is 0.174. The summed E-state index contributed by atoms with van der Waals surface area (Å²) < 4.78 is 0. The van der Waals surface area contributed by atoms with Crippen molar-refractivity contribution < 1.29 is 5.11 Å². The van der Waals surface area contributed by atoms with Crippen molar-refractivity contribution in [1.82, 2.24) is 4.98 Å². The lowest BCUT2D eigenvalue weighted by molar-refractivity contribution is 0.302. The smallest absolute Gasteiger partial charge is 0.127 e. The van der Waals surface area contributed by atoms with Gasteiger partial charge in [0.2, 0.25) is 0 Å². The van der Waals surface area contributed by atoms with E-state index in [0.29, 0.717) is 6.54 Å². The van der Waals surface area contributed by atoms with Crippen molar-refractivity contribution in [2.75, 3.05) is 36.5 Å². The highest BCUT2D eigenvalue weighted by Crippen LogP contribution is 2.16. The first kappa shape index (κ1) is 12.8. The zero-order valence-corrected chi connectivity index (χ0v) is 10.1. The molecule has 0 bridgehead atoms. The van der Waals surface area contributed by atoms with E-state index < -0.39 is 0 Å². The van der Waals surface area contributed by atoms with Crippen molar-refractivity contribution in [2.24, 2.45) is 0 Å². The third-order valence-electron chi connectivity index (χ3n) is 2.42. The molecule has 4 heteroatoms. The highest BCUT2D eigenvalue weighted by molar-refractivity contribution is 5.53. The maximum Gasteiger partial charge on any atom is 0.127 e. The Morgan fingerprint density at radius 2 is 2.25 bits per heavy atom. The van der Waals surface area contributed by atoms with E-state index in [1.54, 1.807) is 6.20 Å². The standard InChI is InChI=1S/C12H21N3O/c1-3-6-13-12-10-11(5-7-14-12)15(4-2)8-9-16/h5,7,10,16H,3-4,6,8-9H2,1-2H3,(H,13,14). The fraction of sp³-hybridized carbons (Fsp3) is 0.583. The van der Waals surface area contributed by atoms with Crippen LogP contribution in [-0.2, 0) is 0 Å². The molecule has 1 aromatic rings. The SMILES string of the molecule is CCCNc1cc(N(CC)CCO)ccn1. The van der Waals surface area contributed by atoms with E-state index in [9.17, 15) is 0 Å². The molecule has 0 aromatic carbocycles. The molecular weight excluding hydrogens is 202 g/mol. The number of aliphatic hydroxyl groups is 1. The molecule has 0 aliphatic carbocycles. The van der Waals surface area contributed by atoms with E-state index in [1.165, 1.54) is 0 Å². The Morgan fingerprint density at radius 3 is 2.88 bits per heavy atom. The van der Waals surface area contributed by atoms with Gasteiger partial charge < -0.3 is 15.3 Å². The first-order valence-electron chi connectivity index (χ1n) is 5.87. The van der Waals surface area contributed by atoms with Gasteiger partial charge in [-0.3, -0.25) is 0 Å². The molecule has 1 aromatic heterocycles. The van der Waals surface area contributed by atoms with E-state index in [1.807, 2.05) is 12.1 Å². The second-order valence-corrected chi connectivity index (χ2v) is 3.63. The molecule has 0 atom stereocenters. The van der Waals surface area contributed by atoms with Gasteiger partial charge in [-0.05, 0) is 19.4 Å². The Kier molecular flexibility index (Phi) is 5.64. The number of aromatic nitrogens is 1. The van der Waals surface area contributed by atoms with Crippen LogP contribution in [0, 0.1) is 0 Å². The Labute approximate surface area is 97.3 Å². The number of hydrogen-bond acceptors (Lipinski definition) is 4. The van der Waals surface area contributed by atoms with Crippen LogP contribution in [-0.4, -0.2) is 36.3 Å². The molecule has 0 saturated carbocycles. The summed E-state index contributed by atoms with van der Waals surface area (Å²) in [5.41, 5.74) is 1.10. The molecule has 0 spiro atoms. The zero-order chi connectivity index (χ0) is 11.8. The molecule has 0 unspecified atom stereocenters. The van der Waals surface area contributed by atoms with Gasteiger partial charge in [0, 0.05) is 37.6 Å². The van der Waals surface area contributed by atoms with Crippen LogP contribution in [0.1, 0.15) is 20.3 Å². The summed E-state index contributed by atoms with van der Waals surface area (Å²) in [6, 6.07) is 3.99. The van der Waals surface area contributed by atoms with Gasteiger partial charge in [0.05, 0.1) is 6.61 Å². The van der Waals surface area contributed by atoms with Gasteiger partial charge in [-0.25, -0.2) is 4.98 Å². The summed E-state index contributed by atoms with van der Waals surface area (Å²) in [6.45, 7) is 6.86. The van der Waals surface area contributed by atoms with Crippen molar-refractivity contribution in [3.8, 4) is 0 Å². The van der Waals surface area contributed by atoms with Gasteiger partial charge in [0.15, 0.2) is 0 Å². The van der Waals surface area contributed by atoms with Crippen molar-refractivity contribution in [2.45, 2.75) is 20.3 Å². The molecule has 0 saturated heterocycles. The van der Waals surface area contributed by atoms with E-state index >= 15 is 0 Å². The van der Waals surface area contributed by atoms with E-state index in [0.717, 1.165) is 31.0 Å². The lowest BCUT2D eigenvalue weighted by Crippen LogP contribution is -2.26. The summed E-state index contributed by atoms with van der Waals surface area (Å²) >= 11 is 0. The predicted octanol–water partition coefficient (Wildman–Crippen LogP) is 1.72. The second kappa shape index (κ2) is 7.06. The van der Waals surface area contributed by atoms with Crippen LogP contribution in [0.15, 0.2) is 18.3 Å². The van der Waals surface area contributed by atoms with Crippen LogP contribution in [0.2, 0.25) is 0 Å². The van der Waals surface area contributed by atoms with Crippen LogP contribution < -0.4 is 10.2 Å². The quantitative estimate of drug-likeness (QED) is 0.739. The highest BCUT2D eigenvalue weighted by Gasteiger charge is 2.04. The molecule has 0 amide bonds. The fourth-order valence-corrected chi connectivity index (χ4v) is 1.56. The van der Waals surface area contributed by atoms with Crippen molar-refractivity contribution in [3.63, 3.8) is 0 Å². The number of aliphatic hydroxyl groups excluding tert-OH is 1. The summed E-state index contributed by atoms with van der Waals surface area (Å²) in [5, 5.41) is 12.2. The Hall–Kier alpha value is -1.29. The first-order valence-corrected chi connectivity index (χ1v) is 5.87. The van der Waals surface area contributed by atoms with Gasteiger partial charge in [-0.2, -0.15) is 0 Å². The van der Waals surface area contributed by atoms with Crippen LogP contribution in [0.25, 0.3) is 0 Å². The lowest BCUT2D eigenvalue weighted by Gasteiger charge is -2.22.